The fourth-order valence-corrected chi connectivity index (χ4v) is 4.10. The van der Waals surface area contributed by atoms with Crippen LogP contribution in [0.4, 0.5) is 0 Å². The van der Waals surface area contributed by atoms with E-state index in [1.165, 1.54) is 4.31 Å². The number of nitrogens with one attached hydrogen (secondary N) is 1. The molecule has 1 amide bonds. The van der Waals surface area contributed by atoms with Crippen molar-refractivity contribution in [2.45, 2.75) is 38.8 Å². The van der Waals surface area contributed by atoms with Crippen LogP contribution < -0.4 is 10.1 Å². The van der Waals surface area contributed by atoms with E-state index in [0.717, 1.165) is 17.4 Å². The second-order valence-corrected chi connectivity index (χ2v) is 7.94. The number of ether oxygens (including phenoxy) is 1. The van der Waals surface area contributed by atoms with E-state index in [1.54, 1.807) is 7.11 Å². The first-order chi connectivity index (χ1) is 10.7. The third-order valence-corrected chi connectivity index (χ3v) is 5.43. The highest BCUT2D eigenvalue weighted by atomic mass is 32.2. The summed E-state index contributed by atoms with van der Waals surface area (Å²) in [4.78, 5) is 12.5. The molecule has 0 spiro atoms. The summed E-state index contributed by atoms with van der Waals surface area (Å²) in [5.74, 6) is 0.443. The van der Waals surface area contributed by atoms with Gasteiger partial charge in [-0.1, -0.05) is 17.7 Å². The molecule has 0 aromatic heterocycles. The van der Waals surface area contributed by atoms with Crippen molar-refractivity contribution in [3.63, 3.8) is 0 Å². The number of sulfonamides is 1. The largest absolute Gasteiger partial charge is 0.496 e. The summed E-state index contributed by atoms with van der Waals surface area (Å²) in [6.07, 6.45) is 2.40. The Balaban J connectivity index is 2.15. The predicted octanol–water partition coefficient (Wildman–Crippen LogP) is 1.60. The van der Waals surface area contributed by atoms with Gasteiger partial charge in [-0.2, -0.15) is 4.31 Å². The molecule has 0 radical (unpaired) electrons. The summed E-state index contributed by atoms with van der Waals surface area (Å²) in [5.41, 5.74) is 1.95. The Morgan fingerprint density at radius 3 is 2.74 bits per heavy atom. The van der Waals surface area contributed by atoms with Crippen LogP contribution in [0.5, 0.6) is 5.75 Å². The van der Waals surface area contributed by atoms with Crippen LogP contribution in [0, 0.1) is 6.92 Å². The number of benzene rings is 1. The Labute approximate surface area is 137 Å². The first-order valence-corrected chi connectivity index (χ1v) is 9.50. The summed E-state index contributed by atoms with van der Waals surface area (Å²) in [7, 11) is -1.78. The molecule has 1 fully saturated rings. The van der Waals surface area contributed by atoms with Gasteiger partial charge in [-0.15, -0.1) is 0 Å². The van der Waals surface area contributed by atoms with Crippen molar-refractivity contribution in [1.82, 2.24) is 9.62 Å². The molecule has 0 saturated carbocycles. The average Bonchev–Trinajstić information content (AvgIpc) is 2.96. The van der Waals surface area contributed by atoms with E-state index in [9.17, 15) is 13.2 Å². The molecular weight excluding hydrogens is 316 g/mol. The maximum Gasteiger partial charge on any atom is 0.238 e. The molecule has 6 nitrogen and oxygen atoms in total. The average molecular weight is 340 g/mol. The van der Waals surface area contributed by atoms with E-state index < -0.39 is 16.1 Å². The third-order valence-electron chi connectivity index (χ3n) is 4.14. The lowest BCUT2D eigenvalue weighted by molar-refractivity contribution is -0.124. The van der Waals surface area contributed by atoms with Gasteiger partial charge in [-0.25, -0.2) is 8.42 Å². The molecule has 2 rings (SSSR count). The quantitative estimate of drug-likeness (QED) is 0.883. The van der Waals surface area contributed by atoms with Crippen LogP contribution >= 0.6 is 0 Å². The lowest BCUT2D eigenvalue weighted by Gasteiger charge is -2.24. The Morgan fingerprint density at radius 1 is 1.43 bits per heavy atom. The minimum atomic E-state index is -3.37. The van der Waals surface area contributed by atoms with E-state index in [0.29, 0.717) is 25.1 Å². The highest BCUT2D eigenvalue weighted by Crippen LogP contribution is 2.27. The number of carbonyl (C=O) groups is 1. The number of rotatable bonds is 5. The molecule has 1 aliphatic rings. The second-order valence-electron chi connectivity index (χ2n) is 6.01. The minimum Gasteiger partial charge on any atom is -0.496 e. The van der Waals surface area contributed by atoms with E-state index in [1.807, 2.05) is 32.0 Å². The van der Waals surface area contributed by atoms with Crippen LogP contribution in [0.2, 0.25) is 0 Å². The van der Waals surface area contributed by atoms with Gasteiger partial charge < -0.3 is 10.1 Å². The van der Waals surface area contributed by atoms with Crippen LogP contribution in [0.15, 0.2) is 18.2 Å². The Hall–Kier alpha value is -1.60. The molecular formula is C16H24N2O4S. The molecule has 0 bridgehead atoms. The van der Waals surface area contributed by atoms with Crippen molar-refractivity contribution in [1.29, 1.82) is 0 Å². The van der Waals surface area contributed by atoms with Gasteiger partial charge in [0.25, 0.3) is 0 Å². The molecule has 128 valence electrons. The maximum absolute atomic E-state index is 12.5. The predicted molar refractivity (Wildman–Crippen MR) is 88.9 cm³/mol. The molecule has 23 heavy (non-hydrogen) atoms. The molecule has 1 saturated heterocycles. The number of carbonyl (C=O) groups excluding carboxylic acids is 1. The summed E-state index contributed by atoms with van der Waals surface area (Å²) < 4.78 is 30.2. The lowest BCUT2D eigenvalue weighted by atomic mass is 10.0. The van der Waals surface area contributed by atoms with Crippen LogP contribution in [-0.4, -0.2) is 44.6 Å². The van der Waals surface area contributed by atoms with Crippen molar-refractivity contribution in [2.75, 3.05) is 19.9 Å². The number of methoxy groups -OCH3 is 1. The summed E-state index contributed by atoms with van der Waals surface area (Å²) >= 11 is 0. The lowest BCUT2D eigenvalue weighted by Crippen LogP contribution is -2.46. The van der Waals surface area contributed by atoms with Gasteiger partial charge in [-0.05, 0) is 32.8 Å². The van der Waals surface area contributed by atoms with E-state index in [2.05, 4.69) is 5.32 Å². The minimum absolute atomic E-state index is 0.260. The normalized spacial score (nSPS) is 20.3. The summed E-state index contributed by atoms with van der Waals surface area (Å²) in [6.45, 7) is 4.24. The maximum atomic E-state index is 12.5. The highest BCUT2D eigenvalue weighted by molar-refractivity contribution is 7.88. The molecule has 2 unspecified atom stereocenters. The third kappa shape index (κ3) is 4.03. The van der Waals surface area contributed by atoms with Crippen molar-refractivity contribution in [2.24, 2.45) is 0 Å². The van der Waals surface area contributed by atoms with Crippen LogP contribution in [0.25, 0.3) is 0 Å². The van der Waals surface area contributed by atoms with Crippen LogP contribution in [0.1, 0.15) is 36.9 Å². The van der Waals surface area contributed by atoms with Gasteiger partial charge in [0, 0.05) is 12.1 Å². The molecule has 1 aromatic carbocycles. The summed E-state index contributed by atoms with van der Waals surface area (Å²) in [5, 5.41) is 2.92. The monoisotopic (exact) mass is 340 g/mol. The number of nitrogens with zero attached hydrogens (tertiary/aromatic N) is 1. The molecule has 1 heterocycles. The smallest absolute Gasteiger partial charge is 0.238 e. The molecule has 0 aliphatic carbocycles. The van der Waals surface area contributed by atoms with Crippen molar-refractivity contribution in [3.8, 4) is 5.75 Å². The van der Waals surface area contributed by atoms with Gasteiger partial charge in [0.2, 0.25) is 15.9 Å². The van der Waals surface area contributed by atoms with Crippen LogP contribution in [0.3, 0.4) is 0 Å². The standard InChI is InChI=1S/C16H24N2O4S/c1-11-7-8-15(22-3)13(10-11)12(2)17-16(19)14-6-5-9-18(14)23(4,20)21/h7-8,10,12,14H,5-6,9H2,1-4H3,(H,17,19). The van der Waals surface area contributed by atoms with Crippen molar-refractivity contribution in [3.05, 3.63) is 29.3 Å². The molecule has 1 aliphatic heterocycles. The zero-order valence-corrected chi connectivity index (χ0v) is 14.8. The Bertz CT molecular complexity index is 687. The number of amides is 1. The van der Waals surface area contributed by atoms with Crippen molar-refractivity contribution < 1.29 is 17.9 Å². The van der Waals surface area contributed by atoms with Gasteiger partial charge in [-0.3, -0.25) is 4.79 Å². The highest BCUT2D eigenvalue weighted by Gasteiger charge is 2.36. The summed E-state index contributed by atoms with van der Waals surface area (Å²) in [6, 6.07) is 4.89. The zero-order valence-electron chi connectivity index (χ0n) is 14.0. The Morgan fingerprint density at radius 2 is 2.13 bits per heavy atom. The Kier molecular flexibility index (Phi) is 5.31. The van der Waals surface area contributed by atoms with E-state index in [4.69, 9.17) is 4.74 Å². The first-order valence-electron chi connectivity index (χ1n) is 7.65. The molecule has 2 atom stereocenters. The fraction of sp³-hybridized carbons (Fsp3) is 0.562. The van der Waals surface area contributed by atoms with Gasteiger partial charge in [0.15, 0.2) is 0 Å². The number of aryl methyl sites for hydroxylation is 1. The molecule has 1 N–H and O–H groups in total. The number of hydrogen-bond acceptors (Lipinski definition) is 4. The van der Waals surface area contributed by atoms with E-state index in [-0.39, 0.29) is 11.9 Å². The first kappa shape index (κ1) is 17.7. The number of hydrogen-bond donors (Lipinski definition) is 1. The van der Waals surface area contributed by atoms with Crippen molar-refractivity contribution >= 4 is 15.9 Å². The van der Waals surface area contributed by atoms with Gasteiger partial charge >= 0.3 is 0 Å². The van der Waals surface area contributed by atoms with Gasteiger partial charge in [0.1, 0.15) is 11.8 Å². The molecule has 7 heteroatoms. The SMILES string of the molecule is COc1ccc(C)cc1C(C)NC(=O)C1CCCN1S(C)(=O)=O. The molecule has 1 aromatic rings. The van der Waals surface area contributed by atoms with E-state index >= 15 is 0 Å². The fourth-order valence-electron chi connectivity index (χ4n) is 2.98. The van der Waals surface area contributed by atoms with Crippen LogP contribution in [-0.2, 0) is 14.8 Å². The van der Waals surface area contributed by atoms with Gasteiger partial charge in [0.05, 0.1) is 19.4 Å². The second kappa shape index (κ2) is 6.88. The topological polar surface area (TPSA) is 75.7 Å². The zero-order chi connectivity index (χ0) is 17.2.